The summed E-state index contributed by atoms with van der Waals surface area (Å²) in [6, 6.07) is -0.648. The van der Waals surface area contributed by atoms with Crippen LogP contribution in [0.15, 0.2) is 60.8 Å². The average Bonchev–Trinajstić information content (AvgIpc) is 3.30. The van der Waals surface area contributed by atoms with Crippen LogP contribution in [-0.2, 0) is 4.79 Å². The fourth-order valence-corrected chi connectivity index (χ4v) is 8.60. The first-order chi connectivity index (χ1) is 31.7. The number of aliphatic hydroxyl groups excluding tert-OH is 2. The van der Waals surface area contributed by atoms with Crippen LogP contribution < -0.4 is 5.32 Å². The molecule has 4 nitrogen and oxygen atoms in total. The fourth-order valence-electron chi connectivity index (χ4n) is 8.60. The Kier molecular flexibility index (Phi) is 53.8. The van der Waals surface area contributed by atoms with Crippen molar-refractivity contribution in [2.45, 2.75) is 309 Å². The molecule has 0 saturated carbocycles. The Bertz CT molecular complexity index is 1060. The highest BCUT2D eigenvalue weighted by Gasteiger charge is 2.18. The Morgan fingerprint density at radius 1 is 0.375 bits per heavy atom. The normalized spacial score (nSPS) is 13.2. The molecule has 0 radical (unpaired) electrons. The van der Waals surface area contributed by atoms with Gasteiger partial charge in [0.15, 0.2) is 0 Å². The standard InChI is InChI=1S/C60H111NO3/c1-3-5-7-9-11-13-15-17-19-21-23-25-27-29-30-32-34-36-38-40-42-44-46-48-50-52-54-56-60(64)61-58(57-62)59(63)55-53-51-49-47-45-43-41-39-37-35-33-31-28-26-24-22-20-18-16-14-12-10-8-6-4-2/h15,17,21,23,37,39,45,47,53,55,58-59,62-63H,3-14,16,18-20,22,24-36,38,40-44,46,48-52,54,56-57H2,1-2H3,(H,61,64)/b17-15-,23-21-,39-37+,47-45+,55-53+. The molecular formula is C60H111NO3. The molecule has 2 unspecified atom stereocenters. The zero-order valence-electron chi connectivity index (χ0n) is 43.1. The van der Waals surface area contributed by atoms with Gasteiger partial charge < -0.3 is 15.5 Å². The van der Waals surface area contributed by atoms with Gasteiger partial charge in [-0.3, -0.25) is 4.79 Å². The molecule has 0 aliphatic rings. The lowest BCUT2D eigenvalue weighted by molar-refractivity contribution is -0.123. The summed E-state index contributed by atoms with van der Waals surface area (Å²) >= 11 is 0. The molecular weight excluding hydrogens is 783 g/mol. The Morgan fingerprint density at radius 2 is 0.656 bits per heavy atom. The Hall–Kier alpha value is -1.91. The number of hydrogen-bond acceptors (Lipinski definition) is 3. The van der Waals surface area contributed by atoms with E-state index in [4.69, 9.17) is 0 Å². The van der Waals surface area contributed by atoms with Gasteiger partial charge in [-0.2, -0.15) is 0 Å². The summed E-state index contributed by atoms with van der Waals surface area (Å²) in [6.45, 7) is 4.31. The topological polar surface area (TPSA) is 69.6 Å². The van der Waals surface area contributed by atoms with Gasteiger partial charge in [-0.15, -0.1) is 0 Å². The van der Waals surface area contributed by atoms with Crippen molar-refractivity contribution >= 4 is 5.91 Å². The summed E-state index contributed by atoms with van der Waals surface area (Å²) < 4.78 is 0. The molecule has 0 aliphatic carbocycles. The number of aliphatic hydroxyl groups is 2. The lowest BCUT2D eigenvalue weighted by atomic mass is 10.0. The van der Waals surface area contributed by atoms with Crippen LogP contribution in [0.5, 0.6) is 0 Å². The van der Waals surface area contributed by atoms with E-state index in [2.05, 4.69) is 67.8 Å². The number of rotatable bonds is 52. The molecule has 0 heterocycles. The Labute approximate surface area is 400 Å². The van der Waals surface area contributed by atoms with E-state index in [-0.39, 0.29) is 12.5 Å². The number of carbonyl (C=O) groups is 1. The first-order valence-electron chi connectivity index (χ1n) is 28.5. The molecule has 64 heavy (non-hydrogen) atoms. The average molecular weight is 895 g/mol. The van der Waals surface area contributed by atoms with E-state index in [1.165, 1.54) is 231 Å². The Balaban J connectivity index is 3.55. The summed E-state index contributed by atoms with van der Waals surface area (Å²) in [6.07, 6.45) is 78.1. The second-order valence-corrected chi connectivity index (χ2v) is 19.3. The molecule has 2 atom stereocenters. The highest BCUT2D eigenvalue weighted by Crippen LogP contribution is 2.16. The van der Waals surface area contributed by atoms with Crippen molar-refractivity contribution in [3.63, 3.8) is 0 Å². The third-order valence-corrected chi connectivity index (χ3v) is 13.0. The van der Waals surface area contributed by atoms with Crippen LogP contribution in [0, 0.1) is 0 Å². The van der Waals surface area contributed by atoms with Gasteiger partial charge in [-0.1, -0.05) is 274 Å². The minimum atomic E-state index is -0.873. The lowest BCUT2D eigenvalue weighted by Gasteiger charge is -2.19. The zero-order chi connectivity index (χ0) is 46.3. The van der Waals surface area contributed by atoms with E-state index in [1.54, 1.807) is 6.08 Å². The molecule has 0 spiro atoms. The molecule has 0 saturated heterocycles. The van der Waals surface area contributed by atoms with Gasteiger partial charge in [0, 0.05) is 6.42 Å². The summed E-state index contributed by atoms with van der Waals surface area (Å²) in [4.78, 5) is 12.5. The largest absolute Gasteiger partial charge is 0.394 e. The highest BCUT2D eigenvalue weighted by atomic mass is 16.3. The molecule has 1 amide bonds. The van der Waals surface area contributed by atoms with Gasteiger partial charge in [-0.25, -0.2) is 0 Å². The fraction of sp³-hybridized carbons (Fsp3) is 0.817. The van der Waals surface area contributed by atoms with E-state index in [1.807, 2.05) is 6.08 Å². The number of amides is 1. The van der Waals surface area contributed by atoms with Crippen molar-refractivity contribution in [2.24, 2.45) is 0 Å². The number of nitrogens with one attached hydrogen (secondary N) is 1. The van der Waals surface area contributed by atoms with Crippen LogP contribution in [-0.4, -0.2) is 34.9 Å². The van der Waals surface area contributed by atoms with Crippen molar-refractivity contribution in [1.82, 2.24) is 5.32 Å². The van der Waals surface area contributed by atoms with Crippen LogP contribution >= 0.6 is 0 Å². The molecule has 0 aromatic heterocycles. The molecule has 4 heteroatoms. The van der Waals surface area contributed by atoms with Crippen molar-refractivity contribution in [2.75, 3.05) is 6.61 Å². The predicted molar refractivity (Wildman–Crippen MR) is 285 cm³/mol. The molecule has 0 aromatic rings. The van der Waals surface area contributed by atoms with Gasteiger partial charge in [0.05, 0.1) is 18.8 Å². The number of allylic oxidation sites excluding steroid dienone is 9. The van der Waals surface area contributed by atoms with Crippen molar-refractivity contribution in [1.29, 1.82) is 0 Å². The summed E-state index contributed by atoms with van der Waals surface area (Å²) in [5.41, 5.74) is 0. The van der Waals surface area contributed by atoms with Gasteiger partial charge in [0.1, 0.15) is 0 Å². The smallest absolute Gasteiger partial charge is 0.220 e. The predicted octanol–water partition coefficient (Wildman–Crippen LogP) is 18.8. The minimum Gasteiger partial charge on any atom is -0.394 e. The number of hydrogen-bond donors (Lipinski definition) is 3. The molecule has 3 N–H and O–H groups in total. The van der Waals surface area contributed by atoms with Crippen molar-refractivity contribution < 1.29 is 15.0 Å². The van der Waals surface area contributed by atoms with Crippen LogP contribution in [0.2, 0.25) is 0 Å². The van der Waals surface area contributed by atoms with Crippen LogP contribution in [0.3, 0.4) is 0 Å². The van der Waals surface area contributed by atoms with E-state index in [0.29, 0.717) is 6.42 Å². The van der Waals surface area contributed by atoms with Crippen LogP contribution in [0.4, 0.5) is 0 Å². The molecule has 0 fully saturated rings. The second-order valence-electron chi connectivity index (χ2n) is 19.3. The van der Waals surface area contributed by atoms with Crippen molar-refractivity contribution in [3.8, 4) is 0 Å². The second kappa shape index (κ2) is 55.4. The molecule has 0 aliphatic heterocycles. The van der Waals surface area contributed by atoms with E-state index in [9.17, 15) is 15.0 Å². The first kappa shape index (κ1) is 62.1. The lowest BCUT2D eigenvalue weighted by Crippen LogP contribution is -2.45. The minimum absolute atomic E-state index is 0.0760. The third kappa shape index (κ3) is 51.1. The quantitative estimate of drug-likeness (QED) is 0.0421. The maximum Gasteiger partial charge on any atom is 0.220 e. The highest BCUT2D eigenvalue weighted by molar-refractivity contribution is 5.76. The molecule has 0 aromatic carbocycles. The number of carbonyl (C=O) groups excluding carboxylic acids is 1. The van der Waals surface area contributed by atoms with Crippen molar-refractivity contribution in [3.05, 3.63) is 60.8 Å². The summed E-state index contributed by atoms with van der Waals surface area (Å²) in [7, 11) is 0. The van der Waals surface area contributed by atoms with Gasteiger partial charge in [0.25, 0.3) is 0 Å². The maximum atomic E-state index is 12.5. The molecule has 374 valence electrons. The zero-order valence-corrected chi connectivity index (χ0v) is 43.1. The maximum absolute atomic E-state index is 12.5. The van der Waals surface area contributed by atoms with Gasteiger partial charge in [0.2, 0.25) is 5.91 Å². The first-order valence-corrected chi connectivity index (χ1v) is 28.5. The Morgan fingerprint density at radius 3 is 1.00 bits per heavy atom. The summed E-state index contributed by atoms with van der Waals surface area (Å²) in [5, 5.41) is 23.1. The van der Waals surface area contributed by atoms with E-state index >= 15 is 0 Å². The van der Waals surface area contributed by atoms with E-state index in [0.717, 1.165) is 44.9 Å². The van der Waals surface area contributed by atoms with Gasteiger partial charge in [-0.05, 0) is 77.0 Å². The summed E-state index contributed by atoms with van der Waals surface area (Å²) in [5.74, 6) is -0.0760. The van der Waals surface area contributed by atoms with Crippen LogP contribution in [0.25, 0.3) is 0 Å². The molecule has 0 bridgehead atoms. The monoisotopic (exact) mass is 894 g/mol. The van der Waals surface area contributed by atoms with Gasteiger partial charge >= 0.3 is 0 Å². The number of unbranched alkanes of at least 4 members (excludes halogenated alkanes) is 37. The third-order valence-electron chi connectivity index (χ3n) is 13.0. The van der Waals surface area contributed by atoms with E-state index < -0.39 is 12.1 Å². The molecule has 0 rings (SSSR count). The SMILES string of the molecule is CCCCCCC/C=C\C/C=C\CCCCCCCCCCCCCCCCCC(=O)NC(CO)C(O)/C=C/CC/C=C/CC/C=C/CCCCCCCCCCCCCCCCC. The van der Waals surface area contributed by atoms with Crippen LogP contribution in [0.1, 0.15) is 296 Å².